The summed E-state index contributed by atoms with van der Waals surface area (Å²) in [5, 5.41) is 16.3. The summed E-state index contributed by atoms with van der Waals surface area (Å²) < 4.78 is 0. The van der Waals surface area contributed by atoms with Crippen molar-refractivity contribution in [1.82, 2.24) is 10.2 Å². The van der Waals surface area contributed by atoms with Crippen LogP contribution in [0.3, 0.4) is 0 Å². The summed E-state index contributed by atoms with van der Waals surface area (Å²) in [5.74, 6) is 1.54. The largest absolute Gasteiger partial charge is 0.384 e. The monoisotopic (exact) mass is 275 g/mol. The Hall–Kier alpha value is -1.65. The van der Waals surface area contributed by atoms with Gasteiger partial charge in [0.2, 0.25) is 0 Å². The van der Waals surface area contributed by atoms with Gasteiger partial charge in [-0.05, 0) is 38.2 Å². The van der Waals surface area contributed by atoms with Crippen LogP contribution in [0, 0.1) is 25.2 Å². The summed E-state index contributed by atoms with van der Waals surface area (Å²) in [4.78, 5) is 2.12. The molecule has 1 heterocycles. The highest BCUT2D eigenvalue weighted by Crippen LogP contribution is 2.27. The maximum Gasteiger partial charge on any atom is 0.162 e. The van der Waals surface area contributed by atoms with Gasteiger partial charge in [0.15, 0.2) is 5.82 Å². The van der Waals surface area contributed by atoms with Crippen molar-refractivity contribution in [3.63, 3.8) is 0 Å². The number of nitrogens with two attached hydrogens (primary N) is 1. The van der Waals surface area contributed by atoms with Crippen molar-refractivity contribution < 1.29 is 0 Å². The molecule has 20 heavy (non-hydrogen) atoms. The third kappa shape index (κ3) is 3.08. The number of nitrogen functional groups attached to an aromatic ring is 1. The number of nitrogens with one attached hydrogen (secondary N) is 1. The maximum atomic E-state index is 7.81. The van der Waals surface area contributed by atoms with Crippen LogP contribution in [0.15, 0.2) is 0 Å². The Morgan fingerprint density at radius 3 is 2.50 bits per heavy atom. The first-order chi connectivity index (χ1) is 9.50. The molecule has 0 spiro atoms. The van der Waals surface area contributed by atoms with Crippen LogP contribution < -0.4 is 10.6 Å². The summed E-state index contributed by atoms with van der Waals surface area (Å²) in [6.07, 6.45) is 6.60. The van der Waals surface area contributed by atoms with Crippen LogP contribution in [0.4, 0.5) is 5.82 Å². The molecular formula is C15H25N5. The molecule has 1 aromatic rings. The van der Waals surface area contributed by atoms with E-state index in [9.17, 15) is 0 Å². The van der Waals surface area contributed by atoms with Gasteiger partial charge in [-0.25, -0.2) is 0 Å². The molecule has 0 aromatic carbocycles. The Balaban J connectivity index is 2.22. The van der Waals surface area contributed by atoms with Gasteiger partial charge in [-0.1, -0.05) is 19.3 Å². The second-order valence-corrected chi connectivity index (χ2v) is 5.91. The molecule has 0 atom stereocenters. The third-order valence-corrected chi connectivity index (χ3v) is 4.32. The molecule has 0 unspecified atom stereocenters. The van der Waals surface area contributed by atoms with E-state index in [-0.39, 0.29) is 5.84 Å². The summed E-state index contributed by atoms with van der Waals surface area (Å²) in [7, 11) is 2.03. The number of nitrogens with zero attached hydrogens (tertiary/aromatic N) is 3. The number of rotatable bonds is 4. The van der Waals surface area contributed by atoms with E-state index >= 15 is 0 Å². The average Bonchev–Trinajstić information content (AvgIpc) is 2.42. The molecule has 5 nitrogen and oxygen atoms in total. The van der Waals surface area contributed by atoms with E-state index in [1.807, 2.05) is 20.9 Å². The van der Waals surface area contributed by atoms with Crippen molar-refractivity contribution in [2.24, 2.45) is 11.7 Å². The molecule has 0 amide bonds. The molecule has 1 aliphatic rings. The molecular weight excluding hydrogens is 250 g/mol. The predicted molar refractivity (Wildman–Crippen MR) is 82.4 cm³/mol. The summed E-state index contributed by atoms with van der Waals surface area (Å²) in [5.41, 5.74) is 8.27. The quantitative estimate of drug-likeness (QED) is 0.653. The molecule has 2 rings (SSSR count). The SMILES string of the molecule is Cc1nnc(N(C)CC2CCCCC2)c(C(=N)N)c1C. The van der Waals surface area contributed by atoms with Crippen LogP contribution in [0.2, 0.25) is 0 Å². The van der Waals surface area contributed by atoms with Crippen LogP contribution in [-0.2, 0) is 0 Å². The molecule has 1 aromatic heterocycles. The number of hydrogen-bond acceptors (Lipinski definition) is 4. The van der Waals surface area contributed by atoms with Gasteiger partial charge in [0.1, 0.15) is 5.84 Å². The predicted octanol–water partition coefficient (Wildman–Crippen LogP) is 2.39. The molecule has 1 aliphatic carbocycles. The first-order valence-corrected chi connectivity index (χ1v) is 7.40. The minimum atomic E-state index is 0.0750. The third-order valence-electron chi connectivity index (χ3n) is 4.32. The fourth-order valence-electron chi connectivity index (χ4n) is 3.03. The second kappa shape index (κ2) is 6.20. The van der Waals surface area contributed by atoms with E-state index in [1.54, 1.807) is 0 Å². The highest BCUT2D eigenvalue weighted by molar-refractivity contribution is 6.01. The summed E-state index contributed by atoms with van der Waals surface area (Å²) >= 11 is 0. The van der Waals surface area contributed by atoms with E-state index < -0.39 is 0 Å². The minimum absolute atomic E-state index is 0.0750. The zero-order valence-electron chi connectivity index (χ0n) is 12.7. The van der Waals surface area contributed by atoms with Crippen molar-refractivity contribution in [2.45, 2.75) is 46.0 Å². The van der Waals surface area contributed by atoms with Gasteiger partial charge in [0.05, 0.1) is 11.3 Å². The van der Waals surface area contributed by atoms with E-state index in [0.717, 1.165) is 35.1 Å². The highest BCUT2D eigenvalue weighted by Gasteiger charge is 2.21. The van der Waals surface area contributed by atoms with Gasteiger partial charge in [-0.3, -0.25) is 5.41 Å². The second-order valence-electron chi connectivity index (χ2n) is 5.91. The van der Waals surface area contributed by atoms with Crippen molar-refractivity contribution >= 4 is 11.7 Å². The fraction of sp³-hybridized carbons (Fsp3) is 0.667. The van der Waals surface area contributed by atoms with Crippen LogP contribution in [0.1, 0.15) is 48.9 Å². The lowest BCUT2D eigenvalue weighted by Crippen LogP contribution is -2.31. The zero-order chi connectivity index (χ0) is 14.7. The van der Waals surface area contributed by atoms with Gasteiger partial charge >= 0.3 is 0 Å². The lowest BCUT2D eigenvalue weighted by molar-refractivity contribution is 0.361. The van der Waals surface area contributed by atoms with Crippen molar-refractivity contribution in [1.29, 1.82) is 5.41 Å². The number of hydrogen-bond donors (Lipinski definition) is 2. The van der Waals surface area contributed by atoms with E-state index in [2.05, 4.69) is 15.1 Å². The first kappa shape index (κ1) is 14.8. The molecule has 0 saturated heterocycles. The molecule has 0 bridgehead atoms. The van der Waals surface area contributed by atoms with Crippen LogP contribution in [0.5, 0.6) is 0 Å². The Bertz CT molecular complexity index is 491. The topological polar surface area (TPSA) is 78.9 Å². The number of aromatic nitrogens is 2. The summed E-state index contributed by atoms with van der Waals surface area (Å²) in [6, 6.07) is 0. The standard InChI is InChI=1S/C15H25N5/c1-10-11(2)18-19-15(13(10)14(16)17)20(3)9-12-7-5-4-6-8-12/h12H,4-9H2,1-3H3,(H3,16,17). The molecule has 1 saturated carbocycles. The van der Waals surface area contributed by atoms with Gasteiger partial charge in [0.25, 0.3) is 0 Å². The molecule has 3 N–H and O–H groups in total. The molecule has 5 heteroatoms. The Labute approximate surface area is 121 Å². The Kier molecular flexibility index (Phi) is 4.57. The smallest absolute Gasteiger partial charge is 0.162 e. The average molecular weight is 275 g/mol. The van der Waals surface area contributed by atoms with Crippen molar-refractivity contribution in [3.8, 4) is 0 Å². The van der Waals surface area contributed by atoms with Gasteiger partial charge in [-0.15, -0.1) is 5.10 Å². The van der Waals surface area contributed by atoms with E-state index in [4.69, 9.17) is 11.1 Å². The molecule has 1 fully saturated rings. The summed E-state index contributed by atoms with van der Waals surface area (Å²) in [6.45, 7) is 4.83. The van der Waals surface area contributed by atoms with Gasteiger partial charge < -0.3 is 10.6 Å². The van der Waals surface area contributed by atoms with E-state index in [0.29, 0.717) is 0 Å². The number of anilines is 1. The minimum Gasteiger partial charge on any atom is -0.384 e. The zero-order valence-corrected chi connectivity index (χ0v) is 12.7. The number of amidine groups is 1. The Morgan fingerprint density at radius 2 is 1.90 bits per heavy atom. The number of aryl methyl sites for hydroxylation is 1. The van der Waals surface area contributed by atoms with Crippen LogP contribution >= 0.6 is 0 Å². The van der Waals surface area contributed by atoms with Crippen LogP contribution in [0.25, 0.3) is 0 Å². The fourth-order valence-corrected chi connectivity index (χ4v) is 3.03. The first-order valence-electron chi connectivity index (χ1n) is 7.40. The van der Waals surface area contributed by atoms with Crippen molar-refractivity contribution in [3.05, 3.63) is 16.8 Å². The maximum absolute atomic E-state index is 7.81. The normalized spacial score (nSPS) is 16.1. The van der Waals surface area contributed by atoms with Gasteiger partial charge in [-0.2, -0.15) is 5.10 Å². The highest BCUT2D eigenvalue weighted by atomic mass is 15.3. The van der Waals surface area contributed by atoms with E-state index in [1.165, 1.54) is 32.1 Å². The Morgan fingerprint density at radius 1 is 1.25 bits per heavy atom. The lowest BCUT2D eigenvalue weighted by atomic mass is 9.89. The molecule has 0 aliphatic heterocycles. The lowest BCUT2D eigenvalue weighted by Gasteiger charge is -2.28. The van der Waals surface area contributed by atoms with Crippen molar-refractivity contribution in [2.75, 3.05) is 18.5 Å². The molecule has 110 valence electrons. The molecule has 0 radical (unpaired) electrons. The van der Waals surface area contributed by atoms with Crippen LogP contribution in [-0.4, -0.2) is 29.6 Å². The van der Waals surface area contributed by atoms with Gasteiger partial charge in [0, 0.05) is 13.6 Å².